The van der Waals surface area contributed by atoms with Crippen molar-refractivity contribution in [3.63, 3.8) is 0 Å². The molecule has 0 aliphatic carbocycles. The van der Waals surface area contributed by atoms with Crippen LogP contribution in [-0.2, 0) is 11.2 Å². The quantitative estimate of drug-likeness (QED) is 0.832. The lowest BCUT2D eigenvalue weighted by Gasteiger charge is -2.37. The lowest BCUT2D eigenvalue weighted by molar-refractivity contribution is -0.138. The summed E-state index contributed by atoms with van der Waals surface area (Å²) in [6.45, 7) is 3.19. The SMILES string of the molecule is COc1ccc(CCC2CCCCN2C(=O)C(C)CN)cc1OC. The standard InChI is InChI=1S/C19H30N2O3/c1-14(13-20)19(22)21-11-5-4-6-16(21)9-7-15-8-10-17(23-2)18(12-15)24-3/h8,10,12,14,16H,4-7,9,11,13,20H2,1-3H3. The summed E-state index contributed by atoms with van der Waals surface area (Å²) in [5.41, 5.74) is 6.88. The van der Waals surface area contributed by atoms with E-state index in [1.807, 2.05) is 19.1 Å². The smallest absolute Gasteiger partial charge is 0.226 e. The molecule has 2 rings (SSSR count). The Hall–Kier alpha value is -1.75. The van der Waals surface area contributed by atoms with Crippen LogP contribution < -0.4 is 15.2 Å². The molecule has 1 amide bonds. The average molecular weight is 334 g/mol. The van der Waals surface area contributed by atoms with E-state index in [0.29, 0.717) is 12.6 Å². The fourth-order valence-electron chi connectivity index (χ4n) is 3.34. The number of benzene rings is 1. The molecule has 1 aromatic rings. The largest absolute Gasteiger partial charge is 0.493 e. The summed E-state index contributed by atoms with van der Waals surface area (Å²) in [4.78, 5) is 14.6. The van der Waals surface area contributed by atoms with Gasteiger partial charge in [0.2, 0.25) is 5.91 Å². The normalized spacial score (nSPS) is 19.0. The molecular weight excluding hydrogens is 304 g/mol. The van der Waals surface area contributed by atoms with Crippen molar-refractivity contribution >= 4 is 5.91 Å². The van der Waals surface area contributed by atoms with Gasteiger partial charge in [-0.3, -0.25) is 4.79 Å². The number of carbonyl (C=O) groups is 1. The molecule has 0 spiro atoms. The molecule has 5 nitrogen and oxygen atoms in total. The Morgan fingerprint density at radius 2 is 2.04 bits per heavy atom. The van der Waals surface area contributed by atoms with Crippen molar-refractivity contribution in [2.75, 3.05) is 27.3 Å². The number of likely N-dealkylation sites (tertiary alicyclic amines) is 1. The van der Waals surface area contributed by atoms with Crippen molar-refractivity contribution in [2.24, 2.45) is 11.7 Å². The van der Waals surface area contributed by atoms with Crippen LogP contribution in [0.3, 0.4) is 0 Å². The number of ether oxygens (including phenoxy) is 2. The Labute approximate surface area is 145 Å². The summed E-state index contributed by atoms with van der Waals surface area (Å²) in [5.74, 6) is 1.61. The van der Waals surface area contributed by atoms with Gasteiger partial charge >= 0.3 is 0 Å². The molecular formula is C19H30N2O3. The van der Waals surface area contributed by atoms with Crippen molar-refractivity contribution in [1.82, 2.24) is 4.90 Å². The summed E-state index contributed by atoms with van der Waals surface area (Å²) in [6.07, 6.45) is 5.26. The van der Waals surface area contributed by atoms with Crippen molar-refractivity contribution in [3.8, 4) is 11.5 Å². The highest BCUT2D eigenvalue weighted by Crippen LogP contribution is 2.29. The molecule has 1 fully saturated rings. The molecule has 1 aliphatic rings. The maximum atomic E-state index is 12.5. The number of aryl methyl sites for hydroxylation is 1. The van der Waals surface area contributed by atoms with Gasteiger partial charge < -0.3 is 20.1 Å². The molecule has 2 unspecified atom stereocenters. The number of hydrogen-bond acceptors (Lipinski definition) is 4. The van der Waals surface area contributed by atoms with Gasteiger partial charge in [-0.25, -0.2) is 0 Å². The summed E-state index contributed by atoms with van der Waals surface area (Å²) >= 11 is 0. The van der Waals surface area contributed by atoms with E-state index in [4.69, 9.17) is 15.2 Å². The highest BCUT2D eigenvalue weighted by atomic mass is 16.5. The van der Waals surface area contributed by atoms with Crippen LogP contribution in [-0.4, -0.2) is 44.2 Å². The third-order valence-corrected chi connectivity index (χ3v) is 4.90. The monoisotopic (exact) mass is 334 g/mol. The molecule has 0 aromatic heterocycles. The van der Waals surface area contributed by atoms with Gasteiger partial charge in [-0.05, 0) is 49.8 Å². The number of nitrogens with two attached hydrogens (primary N) is 1. The third-order valence-electron chi connectivity index (χ3n) is 4.90. The predicted molar refractivity (Wildman–Crippen MR) is 95.4 cm³/mol. The number of piperidine rings is 1. The van der Waals surface area contributed by atoms with Crippen LogP contribution in [0.25, 0.3) is 0 Å². The summed E-state index contributed by atoms with van der Waals surface area (Å²) in [5, 5.41) is 0. The summed E-state index contributed by atoms with van der Waals surface area (Å²) < 4.78 is 10.7. The Morgan fingerprint density at radius 1 is 1.29 bits per heavy atom. The van der Waals surface area contributed by atoms with E-state index in [2.05, 4.69) is 11.0 Å². The maximum absolute atomic E-state index is 12.5. The molecule has 1 aliphatic heterocycles. The van der Waals surface area contributed by atoms with Crippen molar-refractivity contribution in [3.05, 3.63) is 23.8 Å². The minimum Gasteiger partial charge on any atom is -0.493 e. The molecule has 134 valence electrons. The number of hydrogen-bond donors (Lipinski definition) is 1. The van der Waals surface area contributed by atoms with Crippen LogP contribution in [0.2, 0.25) is 0 Å². The van der Waals surface area contributed by atoms with E-state index in [9.17, 15) is 4.79 Å². The highest BCUT2D eigenvalue weighted by Gasteiger charge is 2.28. The summed E-state index contributed by atoms with van der Waals surface area (Å²) in [6, 6.07) is 6.34. The third kappa shape index (κ3) is 4.41. The van der Waals surface area contributed by atoms with E-state index >= 15 is 0 Å². The molecule has 1 aromatic carbocycles. The number of carbonyl (C=O) groups excluding carboxylic acids is 1. The van der Waals surface area contributed by atoms with E-state index in [1.165, 1.54) is 12.0 Å². The fourth-order valence-corrected chi connectivity index (χ4v) is 3.34. The Kier molecular flexibility index (Phi) is 6.91. The van der Waals surface area contributed by atoms with E-state index in [-0.39, 0.29) is 11.8 Å². The first-order chi connectivity index (χ1) is 11.6. The van der Waals surface area contributed by atoms with Crippen LogP contribution in [0.5, 0.6) is 11.5 Å². The molecule has 24 heavy (non-hydrogen) atoms. The van der Waals surface area contributed by atoms with Gasteiger partial charge in [0.05, 0.1) is 14.2 Å². The number of nitrogens with zero attached hydrogens (tertiary/aromatic N) is 1. The van der Waals surface area contributed by atoms with Gasteiger partial charge in [-0.15, -0.1) is 0 Å². The molecule has 5 heteroatoms. The van der Waals surface area contributed by atoms with E-state index < -0.39 is 0 Å². The number of rotatable bonds is 7. The fraction of sp³-hybridized carbons (Fsp3) is 0.632. The second kappa shape index (κ2) is 8.92. The topological polar surface area (TPSA) is 64.8 Å². The van der Waals surface area contributed by atoms with Gasteiger partial charge in [-0.2, -0.15) is 0 Å². The van der Waals surface area contributed by atoms with Gasteiger partial charge in [0, 0.05) is 25.0 Å². The minimum atomic E-state index is -0.0910. The van der Waals surface area contributed by atoms with Crippen molar-refractivity contribution in [1.29, 1.82) is 0 Å². The zero-order valence-electron chi connectivity index (χ0n) is 15.1. The molecule has 1 saturated heterocycles. The Bertz CT molecular complexity index is 547. The first kappa shape index (κ1) is 18.6. The lowest BCUT2D eigenvalue weighted by atomic mass is 9.94. The van der Waals surface area contributed by atoms with Crippen molar-refractivity contribution < 1.29 is 14.3 Å². The van der Waals surface area contributed by atoms with Crippen LogP contribution in [0, 0.1) is 5.92 Å². The van der Waals surface area contributed by atoms with Gasteiger partial charge in [0.15, 0.2) is 11.5 Å². The maximum Gasteiger partial charge on any atom is 0.226 e. The summed E-state index contributed by atoms with van der Waals surface area (Å²) in [7, 11) is 3.29. The molecule has 1 heterocycles. The first-order valence-electron chi connectivity index (χ1n) is 8.82. The molecule has 0 bridgehead atoms. The molecule has 2 atom stereocenters. The van der Waals surface area contributed by atoms with Crippen molar-refractivity contribution in [2.45, 2.75) is 45.1 Å². The first-order valence-corrected chi connectivity index (χ1v) is 8.82. The molecule has 0 saturated carbocycles. The Morgan fingerprint density at radius 3 is 2.71 bits per heavy atom. The number of amides is 1. The zero-order valence-corrected chi connectivity index (χ0v) is 15.1. The minimum absolute atomic E-state index is 0.0910. The van der Waals surface area contributed by atoms with Gasteiger partial charge in [-0.1, -0.05) is 13.0 Å². The molecule has 2 N–H and O–H groups in total. The molecule has 0 radical (unpaired) electrons. The number of methoxy groups -OCH3 is 2. The van der Waals surface area contributed by atoms with Crippen LogP contribution in [0.1, 0.15) is 38.2 Å². The van der Waals surface area contributed by atoms with E-state index in [0.717, 1.165) is 43.7 Å². The van der Waals surface area contributed by atoms with E-state index in [1.54, 1.807) is 14.2 Å². The van der Waals surface area contributed by atoms with Gasteiger partial charge in [0.1, 0.15) is 0 Å². The van der Waals surface area contributed by atoms with Gasteiger partial charge in [0.25, 0.3) is 0 Å². The Balaban J connectivity index is 2.02. The van der Waals surface area contributed by atoms with Crippen LogP contribution in [0.4, 0.5) is 0 Å². The highest BCUT2D eigenvalue weighted by molar-refractivity contribution is 5.79. The zero-order chi connectivity index (χ0) is 17.5. The predicted octanol–water partition coefficient (Wildman–Crippen LogP) is 2.61. The average Bonchev–Trinajstić information content (AvgIpc) is 2.64. The van der Waals surface area contributed by atoms with Crippen LogP contribution >= 0.6 is 0 Å². The van der Waals surface area contributed by atoms with Crippen LogP contribution in [0.15, 0.2) is 18.2 Å². The second-order valence-electron chi connectivity index (χ2n) is 6.55. The second-order valence-corrected chi connectivity index (χ2v) is 6.55. The lowest BCUT2D eigenvalue weighted by Crippen LogP contribution is -2.47.